The van der Waals surface area contributed by atoms with E-state index in [1.165, 1.54) is 11.1 Å². The maximum absolute atomic E-state index is 5.42. The Kier molecular flexibility index (Phi) is 1.98. The zero-order valence-electron chi connectivity index (χ0n) is 9.68. The van der Waals surface area contributed by atoms with Gasteiger partial charge < -0.3 is 9.72 Å². The number of imidazole rings is 1. The number of pyridine rings is 1. The molecule has 0 saturated carbocycles. The molecule has 0 unspecified atom stereocenters. The number of ether oxygens (including phenoxy) is 1. The molecule has 0 aliphatic carbocycles. The minimum absolute atomic E-state index is 0.696. The lowest BCUT2D eigenvalue weighted by atomic mass is 10.1. The second-order valence-electron chi connectivity index (χ2n) is 4.44. The minimum Gasteiger partial charge on any atom is -0.372 e. The van der Waals surface area contributed by atoms with Crippen molar-refractivity contribution in [2.75, 3.05) is 0 Å². The van der Waals surface area contributed by atoms with Crippen LogP contribution in [0.25, 0.3) is 22.6 Å². The van der Waals surface area contributed by atoms with Gasteiger partial charge in [0.15, 0.2) is 5.65 Å². The van der Waals surface area contributed by atoms with Crippen LogP contribution in [0.15, 0.2) is 36.5 Å². The molecule has 2 aromatic heterocycles. The van der Waals surface area contributed by atoms with E-state index < -0.39 is 0 Å². The lowest BCUT2D eigenvalue weighted by molar-refractivity contribution is 0.134. The van der Waals surface area contributed by atoms with Crippen LogP contribution in [-0.4, -0.2) is 15.0 Å². The van der Waals surface area contributed by atoms with E-state index >= 15 is 0 Å². The molecule has 18 heavy (non-hydrogen) atoms. The topological polar surface area (TPSA) is 50.8 Å². The summed E-state index contributed by atoms with van der Waals surface area (Å²) in [5, 5.41) is 0. The van der Waals surface area contributed by atoms with Crippen LogP contribution in [0.4, 0.5) is 0 Å². The number of nitrogens with one attached hydrogen (secondary N) is 1. The summed E-state index contributed by atoms with van der Waals surface area (Å²) in [4.78, 5) is 12.0. The van der Waals surface area contributed by atoms with Gasteiger partial charge in [0.2, 0.25) is 0 Å². The maximum atomic E-state index is 5.42. The molecule has 3 heterocycles. The highest BCUT2D eigenvalue weighted by Gasteiger charge is 2.13. The van der Waals surface area contributed by atoms with Crippen molar-refractivity contribution in [3.63, 3.8) is 0 Å². The third kappa shape index (κ3) is 1.43. The van der Waals surface area contributed by atoms with Gasteiger partial charge in [0.1, 0.15) is 5.82 Å². The van der Waals surface area contributed by atoms with E-state index in [9.17, 15) is 0 Å². The Morgan fingerprint density at radius 3 is 3.00 bits per heavy atom. The van der Waals surface area contributed by atoms with Gasteiger partial charge in [-0.3, -0.25) is 0 Å². The van der Waals surface area contributed by atoms with Crippen LogP contribution in [-0.2, 0) is 18.0 Å². The molecule has 1 aliphatic heterocycles. The van der Waals surface area contributed by atoms with Crippen molar-refractivity contribution in [3.05, 3.63) is 47.7 Å². The van der Waals surface area contributed by atoms with Crippen LogP contribution in [0.3, 0.4) is 0 Å². The van der Waals surface area contributed by atoms with Crippen LogP contribution in [0.1, 0.15) is 11.1 Å². The number of nitrogens with zero attached hydrogens (tertiary/aromatic N) is 2. The number of H-pyrrole nitrogens is 1. The van der Waals surface area contributed by atoms with Gasteiger partial charge in [0, 0.05) is 11.8 Å². The van der Waals surface area contributed by atoms with E-state index in [2.05, 4.69) is 33.2 Å². The summed E-state index contributed by atoms with van der Waals surface area (Å²) >= 11 is 0. The van der Waals surface area contributed by atoms with E-state index in [1.54, 1.807) is 6.20 Å². The summed E-state index contributed by atoms with van der Waals surface area (Å²) in [5.41, 5.74) is 5.32. The largest absolute Gasteiger partial charge is 0.372 e. The van der Waals surface area contributed by atoms with E-state index in [-0.39, 0.29) is 0 Å². The lowest BCUT2D eigenvalue weighted by Crippen LogP contribution is -1.86. The predicted octanol–water partition coefficient (Wildman–Crippen LogP) is 2.66. The fourth-order valence-electron chi connectivity index (χ4n) is 2.30. The molecule has 0 bridgehead atoms. The zero-order chi connectivity index (χ0) is 11.9. The number of rotatable bonds is 1. The molecule has 1 aromatic carbocycles. The van der Waals surface area contributed by atoms with E-state index in [0.717, 1.165) is 29.2 Å². The highest BCUT2D eigenvalue weighted by atomic mass is 16.5. The monoisotopic (exact) mass is 237 g/mol. The second kappa shape index (κ2) is 3.65. The fourth-order valence-corrected chi connectivity index (χ4v) is 2.30. The zero-order valence-corrected chi connectivity index (χ0v) is 9.68. The van der Waals surface area contributed by atoms with Crippen molar-refractivity contribution in [1.29, 1.82) is 0 Å². The molecule has 88 valence electrons. The summed E-state index contributed by atoms with van der Waals surface area (Å²) < 4.78 is 5.42. The highest BCUT2D eigenvalue weighted by Crippen LogP contribution is 2.26. The molecule has 0 amide bonds. The summed E-state index contributed by atoms with van der Waals surface area (Å²) in [6, 6.07) is 10.2. The molecule has 0 radical (unpaired) electrons. The van der Waals surface area contributed by atoms with Crippen LogP contribution >= 0.6 is 0 Å². The average Bonchev–Trinajstić information content (AvgIpc) is 3.04. The standard InChI is InChI=1S/C14H11N3O/c1-2-12-14(15-5-1)17-13(16-12)9-3-4-10-7-18-8-11(10)6-9/h1-6H,7-8H2,(H,15,16,17). The smallest absolute Gasteiger partial charge is 0.178 e. The van der Waals surface area contributed by atoms with Gasteiger partial charge in [-0.1, -0.05) is 12.1 Å². The molecule has 1 N–H and O–H groups in total. The van der Waals surface area contributed by atoms with Gasteiger partial charge >= 0.3 is 0 Å². The molecule has 0 fully saturated rings. The Morgan fingerprint density at radius 1 is 1.11 bits per heavy atom. The summed E-state index contributed by atoms with van der Waals surface area (Å²) in [6.45, 7) is 1.42. The normalized spacial score (nSPS) is 14.0. The van der Waals surface area contributed by atoms with E-state index in [4.69, 9.17) is 4.74 Å². The first-order chi connectivity index (χ1) is 8.90. The number of aromatic amines is 1. The Labute approximate surface area is 104 Å². The van der Waals surface area contributed by atoms with Crippen molar-refractivity contribution in [2.24, 2.45) is 0 Å². The third-order valence-electron chi connectivity index (χ3n) is 3.25. The predicted molar refractivity (Wildman–Crippen MR) is 67.8 cm³/mol. The van der Waals surface area contributed by atoms with Crippen LogP contribution in [0.2, 0.25) is 0 Å². The minimum atomic E-state index is 0.696. The molecule has 4 nitrogen and oxygen atoms in total. The molecular weight excluding hydrogens is 226 g/mol. The Hall–Kier alpha value is -2.20. The first kappa shape index (κ1) is 9.79. The second-order valence-corrected chi connectivity index (χ2v) is 4.44. The molecular formula is C14H11N3O. The van der Waals surface area contributed by atoms with Gasteiger partial charge in [0.25, 0.3) is 0 Å². The molecule has 4 rings (SSSR count). The van der Waals surface area contributed by atoms with E-state index in [1.807, 2.05) is 12.1 Å². The Balaban J connectivity index is 1.86. The van der Waals surface area contributed by atoms with Crippen molar-refractivity contribution in [3.8, 4) is 11.4 Å². The van der Waals surface area contributed by atoms with Gasteiger partial charge in [-0.15, -0.1) is 0 Å². The summed E-state index contributed by atoms with van der Waals surface area (Å²) in [6.07, 6.45) is 1.75. The van der Waals surface area contributed by atoms with Gasteiger partial charge in [-0.2, -0.15) is 0 Å². The molecule has 0 spiro atoms. The first-order valence-corrected chi connectivity index (χ1v) is 5.91. The molecule has 3 aromatic rings. The van der Waals surface area contributed by atoms with Crippen molar-refractivity contribution >= 4 is 11.2 Å². The average molecular weight is 237 g/mol. The van der Waals surface area contributed by atoms with Gasteiger partial charge in [-0.05, 0) is 29.3 Å². The van der Waals surface area contributed by atoms with Crippen molar-refractivity contribution < 1.29 is 4.74 Å². The van der Waals surface area contributed by atoms with Gasteiger partial charge in [0.05, 0.1) is 18.7 Å². The quantitative estimate of drug-likeness (QED) is 0.707. The number of hydrogen-bond acceptors (Lipinski definition) is 3. The van der Waals surface area contributed by atoms with Crippen LogP contribution in [0.5, 0.6) is 0 Å². The highest BCUT2D eigenvalue weighted by molar-refractivity contribution is 5.75. The Morgan fingerprint density at radius 2 is 2.06 bits per heavy atom. The molecule has 0 atom stereocenters. The van der Waals surface area contributed by atoms with Crippen LogP contribution < -0.4 is 0 Å². The third-order valence-corrected chi connectivity index (χ3v) is 3.25. The van der Waals surface area contributed by atoms with Crippen LogP contribution in [0, 0.1) is 0 Å². The van der Waals surface area contributed by atoms with Crippen molar-refractivity contribution in [1.82, 2.24) is 15.0 Å². The SMILES string of the molecule is c1cnc2nc(-c3ccc4c(c3)COC4)[nH]c2c1. The molecule has 0 saturated heterocycles. The molecule has 4 heteroatoms. The maximum Gasteiger partial charge on any atom is 0.178 e. The number of aromatic nitrogens is 3. The lowest BCUT2D eigenvalue weighted by Gasteiger charge is -2.00. The van der Waals surface area contributed by atoms with Gasteiger partial charge in [-0.25, -0.2) is 9.97 Å². The molecule has 1 aliphatic rings. The number of hydrogen-bond donors (Lipinski definition) is 1. The van der Waals surface area contributed by atoms with E-state index in [0.29, 0.717) is 6.61 Å². The number of fused-ring (bicyclic) bond motifs is 2. The number of benzene rings is 1. The first-order valence-electron chi connectivity index (χ1n) is 5.91. The summed E-state index contributed by atoms with van der Waals surface area (Å²) in [5.74, 6) is 0.860. The Bertz CT molecular complexity index is 700. The van der Waals surface area contributed by atoms with Crippen molar-refractivity contribution in [2.45, 2.75) is 13.2 Å². The fraction of sp³-hybridized carbons (Fsp3) is 0.143. The summed E-state index contributed by atoms with van der Waals surface area (Å²) in [7, 11) is 0.